The van der Waals surface area contributed by atoms with Crippen LogP contribution in [-0.4, -0.2) is 16.5 Å². The molecule has 0 saturated heterocycles. The van der Waals surface area contributed by atoms with Crippen molar-refractivity contribution in [3.63, 3.8) is 0 Å². The molecule has 0 bridgehead atoms. The number of hydrogen-bond acceptors (Lipinski definition) is 4. The molecular formula is C14H17IN4O. The monoisotopic (exact) mass is 384 g/mol. The van der Waals surface area contributed by atoms with Gasteiger partial charge in [0.2, 0.25) is 0 Å². The molecule has 6 heteroatoms. The van der Waals surface area contributed by atoms with Gasteiger partial charge in [0.1, 0.15) is 9.39 Å². The molecule has 1 aromatic carbocycles. The Morgan fingerprint density at radius 3 is 2.70 bits per heavy atom. The van der Waals surface area contributed by atoms with Crippen molar-refractivity contribution in [1.82, 2.24) is 9.97 Å². The molecule has 5 nitrogen and oxygen atoms in total. The molecule has 0 amide bonds. The van der Waals surface area contributed by atoms with Crippen molar-refractivity contribution in [1.29, 1.82) is 0 Å². The minimum Gasteiger partial charge on any atom is -0.399 e. The van der Waals surface area contributed by atoms with E-state index in [0.29, 0.717) is 10.1 Å². The first-order chi connectivity index (χ1) is 9.61. The van der Waals surface area contributed by atoms with Gasteiger partial charge >= 0.3 is 0 Å². The summed E-state index contributed by atoms with van der Waals surface area (Å²) in [5.41, 5.74) is 7.49. The van der Waals surface area contributed by atoms with Crippen LogP contribution in [0.1, 0.15) is 18.9 Å². The molecule has 0 saturated carbocycles. The quantitative estimate of drug-likeness (QED) is 0.613. The number of nitrogens with zero attached hydrogens (tertiary/aromatic N) is 2. The van der Waals surface area contributed by atoms with E-state index in [1.54, 1.807) is 0 Å². The summed E-state index contributed by atoms with van der Waals surface area (Å²) in [4.78, 5) is 20.7. The van der Waals surface area contributed by atoms with Gasteiger partial charge in [-0.05, 0) is 46.7 Å². The summed E-state index contributed by atoms with van der Waals surface area (Å²) in [6.45, 7) is 3.66. The number of aromatic amines is 1. The first-order valence-electron chi connectivity index (χ1n) is 6.44. The van der Waals surface area contributed by atoms with E-state index in [9.17, 15) is 4.79 Å². The topological polar surface area (TPSA) is 75.0 Å². The van der Waals surface area contributed by atoms with E-state index in [2.05, 4.69) is 21.8 Å². The maximum Gasteiger partial charge on any atom is 0.266 e. The standard InChI is InChI=1S/C14H17IN4O/c1-2-7-19(8-10-3-5-11(16)6-4-10)13-12(15)14(20)18-9-17-13/h3-6,9H,2,7-8,16H2,1H3,(H,17,18,20). The van der Waals surface area contributed by atoms with E-state index in [0.717, 1.165) is 30.0 Å². The van der Waals surface area contributed by atoms with Crippen molar-refractivity contribution in [3.05, 3.63) is 50.1 Å². The molecule has 0 unspecified atom stereocenters. The molecule has 0 aliphatic carbocycles. The van der Waals surface area contributed by atoms with E-state index in [4.69, 9.17) is 5.73 Å². The Morgan fingerprint density at radius 1 is 1.35 bits per heavy atom. The Kier molecular flexibility index (Phi) is 4.99. The molecule has 0 aliphatic rings. The number of nitrogens with two attached hydrogens (primary N) is 1. The lowest BCUT2D eigenvalue weighted by Crippen LogP contribution is -2.28. The van der Waals surface area contributed by atoms with Gasteiger partial charge in [-0.3, -0.25) is 4.79 Å². The Hall–Kier alpha value is -1.57. The second kappa shape index (κ2) is 6.74. The van der Waals surface area contributed by atoms with E-state index in [1.165, 1.54) is 6.33 Å². The minimum absolute atomic E-state index is 0.103. The first-order valence-corrected chi connectivity index (χ1v) is 7.52. The fourth-order valence-corrected chi connectivity index (χ4v) is 2.60. The number of halogens is 1. The predicted octanol–water partition coefficient (Wildman–Crippen LogP) is 2.37. The highest BCUT2D eigenvalue weighted by atomic mass is 127. The van der Waals surface area contributed by atoms with Gasteiger partial charge in [-0.1, -0.05) is 19.1 Å². The number of benzene rings is 1. The Morgan fingerprint density at radius 2 is 2.05 bits per heavy atom. The van der Waals surface area contributed by atoms with Crippen LogP contribution in [0.2, 0.25) is 0 Å². The van der Waals surface area contributed by atoms with E-state index in [-0.39, 0.29) is 5.56 Å². The lowest BCUT2D eigenvalue weighted by Gasteiger charge is -2.24. The molecule has 2 rings (SSSR count). The molecule has 0 spiro atoms. The van der Waals surface area contributed by atoms with Crippen LogP contribution < -0.4 is 16.2 Å². The van der Waals surface area contributed by atoms with Crippen molar-refractivity contribution < 1.29 is 0 Å². The Bertz CT molecular complexity index is 624. The van der Waals surface area contributed by atoms with Crippen molar-refractivity contribution in [3.8, 4) is 0 Å². The van der Waals surface area contributed by atoms with Gasteiger partial charge < -0.3 is 15.6 Å². The van der Waals surface area contributed by atoms with Crippen molar-refractivity contribution in [2.24, 2.45) is 0 Å². The molecular weight excluding hydrogens is 367 g/mol. The van der Waals surface area contributed by atoms with Crippen LogP contribution >= 0.6 is 22.6 Å². The molecule has 20 heavy (non-hydrogen) atoms. The lowest BCUT2D eigenvalue weighted by molar-refractivity contribution is 0.748. The first kappa shape index (κ1) is 14.8. The zero-order valence-electron chi connectivity index (χ0n) is 11.3. The highest BCUT2D eigenvalue weighted by molar-refractivity contribution is 14.1. The van der Waals surface area contributed by atoms with Gasteiger partial charge in [0.05, 0.1) is 6.33 Å². The van der Waals surface area contributed by atoms with Crippen molar-refractivity contribution >= 4 is 34.1 Å². The molecule has 0 aliphatic heterocycles. The summed E-state index contributed by atoms with van der Waals surface area (Å²) < 4.78 is 0.619. The summed E-state index contributed by atoms with van der Waals surface area (Å²) in [6.07, 6.45) is 2.44. The summed E-state index contributed by atoms with van der Waals surface area (Å²) in [5, 5.41) is 0. The lowest BCUT2D eigenvalue weighted by atomic mass is 10.2. The fourth-order valence-electron chi connectivity index (χ4n) is 1.97. The smallest absolute Gasteiger partial charge is 0.266 e. The zero-order valence-corrected chi connectivity index (χ0v) is 13.4. The number of H-pyrrole nitrogens is 1. The second-order valence-electron chi connectivity index (χ2n) is 4.53. The molecule has 1 aromatic heterocycles. The van der Waals surface area contributed by atoms with E-state index >= 15 is 0 Å². The number of nitrogen functional groups attached to an aromatic ring is 1. The van der Waals surface area contributed by atoms with Gasteiger partial charge in [0, 0.05) is 18.8 Å². The predicted molar refractivity (Wildman–Crippen MR) is 89.8 cm³/mol. The van der Waals surface area contributed by atoms with Crippen LogP contribution in [0.3, 0.4) is 0 Å². The summed E-state index contributed by atoms with van der Waals surface area (Å²) in [6, 6.07) is 7.77. The molecule has 0 radical (unpaired) electrons. The maximum absolute atomic E-state index is 11.7. The third kappa shape index (κ3) is 3.50. The second-order valence-corrected chi connectivity index (χ2v) is 5.61. The van der Waals surface area contributed by atoms with Crippen LogP contribution in [0.25, 0.3) is 0 Å². The minimum atomic E-state index is -0.103. The van der Waals surface area contributed by atoms with Crippen LogP contribution in [0.15, 0.2) is 35.4 Å². The largest absolute Gasteiger partial charge is 0.399 e. The van der Waals surface area contributed by atoms with Crippen molar-refractivity contribution in [2.45, 2.75) is 19.9 Å². The number of aromatic nitrogens is 2. The van der Waals surface area contributed by atoms with Crippen molar-refractivity contribution in [2.75, 3.05) is 17.2 Å². The average Bonchev–Trinajstić information content (AvgIpc) is 2.44. The average molecular weight is 384 g/mol. The number of hydrogen-bond donors (Lipinski definition) is 2. The fraction of sp³-hybridized carbons (Fsp3) is 0.286. The highest BCUT2D eigenvalue weighted by Gasteiger charge is 2.13. The third-order valence-electron chi connectivity index (χ3n) is 2.92. The van der Waals surface area contributed by atoms with Gasteiger partial charge in [-0.2, -0.15) is 0 Å². The molecule has 106 valence electrons. The van der Waals surface area contributed by atoms with Gasteiger partial charge in [-0.15, -0.1) is 0 Å². The van der Waals surface area contributed by atoms with Crippen LogP contribution in [0, 0.1) is 3.57 Å². The number of rotatable bonds is 5. The zero-order chi connectivity index (χ0) is 14.5. The normalized spacial score (nSPS) is 10.5. The number of anilines is 2. The highest BCUT2D eigenvalue weighted by Crippen LogP contribution is 2.19. The molecule has 1 heterocycles. The molecule has 0 atom stereocenters. The third-order valence-corrected chi connectivity index (χ3v) is 3.90. The maximum atomic E-state index is 11.7. The van der Waals surface area contributed by atoms with Gasteiger partial charge in [-0.25, -0.2) is 4.98 Å². The van der Waals surface area contributed by atoms with E-state index < -0.39 is 0 Å². The molecule has 2 aromatic rings. The summed E-state index contributed by atoms with van der Waals surface area (Å²) >= 11 is 2.04. The van der Waals surface area contributed by atoms with Crippen LogP contribution in [-0.2, 0) is 6.54 Å². The van der Waals surface area contributed by atoms with E-state index in [1.807, 2.05) is 46.9 Å². The SMILES string of the molecule is CCCN(Cc1ccc(N)cc1)c1nc[nH]c(=O)c1I. The molecule has 0 fully saturated rings. The summed E-state index contributed by atoms with van der Waals surface area (Å²) in [5.74, 6) is 0.730. The Labute approximate surface area is 131 Å². The van der Waals surface area contributed by atoms with Gasteiger partial charge in [0.15, 0.2) is 0 Å². The Balaban J connectivity index is 2.29. The summed E-state index contributed by atoms with van der Waals surface area (Å²) in [7, 11) is 0. The van der Waals surface area contributed by atoms with Crippen LogP contribution in [0.4, 0.5) is 11.5 Å². The van der Waals surface area contributed by atoms with Gasteiger partial charge in [0.25, 0.3) is 5.56 Å². The van der Waals surface area contributed by atoms with Crippen LogP contribution in [0.5, 0.6) is 0 Å². The molecule has 3 N–H and O–H groups in total. The number of nitrogens with one attached hydrogen (secondary N) is 1.